The van der Waals surface area contributed by atoms with Crippen LogP contribution in [0, 0.1) is 11.3 Å². The van der Waals surface area contributed by atoms with Gasteiger partial charge in [-0.15, -0.1) is 0 Å². The maximum Gasteiger partial charge on any atom is 0.169 e. The average molecular weight is 281 g/mol. The smallest absolute Gasteiger partial charge is 0.169 e. The Hall–Kier alpha value is -1.25. The third-order valence-corrected chi connectivity index (χ3v) is 3.63. The monoisotopic (exact) mass is 281 g/mol. The predicted molar refractivity (Wildman–Crippen MR) is 77.0 cm³/mol. The molecule has 1 atom stereocenters. The van der Waals surface area contributed by atoms with Crippen molar-refractivity contribution in [2.75, 3.05) is 32.9 Å². The van der Waals surface area contributed by atoms with E-state index in [-0.39, 0.29) is 23.9 Å². The number of alkyl halides is 1. The molecular formula is C15H24FN3O. The van der Waals surface area contributed by atoms with E-state index in [9.17, 15) is 9.18 Å². The van der Waals surface area contributed by atoms with Crippen molar-refractivity contribution < 1.29 is 9.18 Å². The van der Waals surface area contributed by atoms with E-state index in [1.165, 1.54) is 12.2 Å². The van der Waals surface area contributed by atoms with E-state index in [2.05, 4.69) is 31.7 Å². The fraction of sp³-hybridized carbons (Fsp3) is 0.733. The van der Waals surface area contributed by atoms with Crippen molar-refractivity contribution >= 4 is 5.78 Å². The molecule has 0 aromatic carbocycles. The SMILES string of the molecule is CC(C)(C)N1CCN(CC(=O)/C=C/CF)[C@H](CC#N)C1. The molecule has 0 N–H and O–H groups in total. The van der Waals surface area contributed by atoms with Crippen molar-refractivity contribution in [3.05, 3.63) is 12.2 Å². The summed E-state index contributed by atoms with van der Waals surface area (Å²) in [6, 6.07) is 2.26. The van der Waals surface area contributed by atoms with Crippen LogP contribution in [0.25, 0.3) is 0 Å². The Morgan fingerprint density at radius 2 is 2.15 bits per heavy atom. The topological polar surface area (TPSA) is 47.3 Å². The van der Waals surface area contributed by atoms with Crippen LogP contribution >= 0.6 is 0 Å². The van der Waals surface area contributed by atoms with Crippen molar-refractivity contribution in [3.8, 4) is 6.07 Å². The fourth-order valence-electron chi connectivity index (χ4n) is 2.44. The second-order valence-corrected chi connectivity index (χ2v) is 6.13. The first-order chi connectivity index (χ1) is 9.38. The molecule has 0 aromatic rings. The van der Waals surface area contributed by atoms with Gasteiger partial charge in [-0.2, -0.15) is 5.26 Å². The van der Waals surface area contributed by atoms with Crippen LogP contribution in [0.15, 0.2) is 12.2 Å². The highest BCUT2D eigenvalue weighted by atomic mass is 19.1. The van der Waals surface area contributed by atoms with Crippen molar-refractivity contribution in [2.45, 2.75) is 38.8 Å². The van der Waals surface area contributed by atoms with Crippen LogP contribution in [0.2, 0.25) is 0 Å². The molecule has 0 unspecified atom stereocenters. The Kier molecular flexibility index (Phi) is 6.31. The van der Waals surface area contributed by atoms with Crippen LogP contribution in [0.3, 0.4) is 0 Å². The lowest BCUT2D eigenvalue weighted by Crippen LogP contribution is -2.58. The highest BCUT2D eigenvalue weighted by molar-refractivity contribution is 5.91. The third kappa shape index (κ3) is 5.03. The second-order valence-electron chi connectivity index (χ2n) is 6.13. The summed E-state index contributed by atoms with van der Waals surface area (Å²) in [5.41, 5.74) is 0.0674. The second kappa shape index (κ2) is 7.51. The number of nitrogens with zero attached hydrogens (tertiary/aromatic N) is 3. The maximum atomic E-state index is 12.0. The summed E-state index contributed by atoms with van der Waals surface area (Å²) in [5, 5.41) is 8.96. The maximum absolute atomic E-state index is 12.0. The molecule has 4 nitrogen and oxygen atoms in total. The number of carbonyl (C=O) groups is 1. The molecule has 20 heavy (non-hydrogen) atoms. The van der Waals surface area contributed by atoms with Gasteiger partial charge in [-0.1, -0.05) is 6.08 Å². The molecular weight excluding hydrogens is 257 g/mol. The zero-order valence-corrected chi connectivity index (χ0v) is 12.6. The summed E-state index contributed by atoms with van der Waals surface area (Å²) in [6.07, 6.45) is 2.93. The largest absolute Gasteiger partial charge is 0.296 e. The van der Waals surface area contributed by atoms with Gasteiger partial charge in [0.15, 0.2) is 5.78 Å². The molecule has 112 valence electrons. The van der Waals surface area contributed by atoms with E-state index in [1.54, 1.807) is 0 Å². The molecule has 1 aliphatic rings. The first-order valence-electron chi connectivity index (χ1n) is 7.00. The van der Waals surface area contributed by atoms with Crippen LogP contribution in [-0.2, 0) is 4.79 Å². The number of nitriles is 1. The number of piperazine rings is 1. The molecule has 0 spiro atoms. The molecule has 0 aromatic heterocycles. The lowest BCUT2D eigenvalue weighted by molar-refractivity contribution is -0.117. The summed E-state index contributed by atoms with van der Waals surface area (Å²) in [6.45, 7) is 8.54. The molecule has 0 radical (unpaired) electrons. The Morgan fingerprint density at radius 1 is 1.45 bits per heavy atom. The van der Waals surface area contributed by atoms with E-state index in [4.69, 9.17) is 5.26 Å². The van der Waals surface area contributed by atoms with Gasteiger partial charge >= 0.3 is 0 Å². The summed E-state index contributed by atoms with van der Waals surface area (Å²) in [4.78, 5) is 16.1. The normalized spacial score (nSPS) is 22.1. The highest BCUT2D eigenvalue weighted by Crippen LogP contribution is 2.20. The molecule has 1 rings (SSSR count). The van der Waals surface area contributed by atoms with Crippen molar-refractivity contribution in [1.29, 1.82) is 5.26 Å². The molecule has 0 bridgehead atoms. The summed E-state index contributed by atoms with van der Waals surface area (Å²) in [7, 11) is 0. The van der Waals surface area contributed by atoms with Gasteiger partial charge in [0.2, 0.25) is 0 Å². The Labute approximate surface area is 120 Å². The molecule has 1 heterocycles. The minimum atomic E-state index is -0.620. The Bertz CT molecular complexity index is 395. The van der Waals surface area contributed by atoms with Gasteiger partial charge in [0.05, 0.1) is 19.0 Å². The fourth-order valence-corrected chi connectivity index (χ4v) is 2.44. The molecule has 1 aliphatic heterocycles. The molecule has 1 fully saturated rings. The Balaban J connectivity index is 2.66. The van der Waals surface area contributed by atoms with E-state index >= 15 is 0 Å². The third-order valence-electron chi connectivity index (χ3n) is 3.63. The quantitative estimate of drug-likeness (QED) is 0.721. The average Bonchev–Trinajstić information content (AvgIpc) is 2.37. The highest BCUT2D eigenvalue weighted by Gasteiger charge is 2.32. The van der Waals surface area contributed by atoms with Crippen molar-refractivity contribution in [3.63, 3.8) is 0 Å². The number of hydrogen-bond acceptors (Lipinski definition) is 4. The number of hydrogen-bond donors (Lipinski definition) is 0. The first kappa shape index (κ1) is 16.8. The van der Waals surface area contributed by atoms with Crippen LogP contribution in [0.5, 0.6) is 0 Å². The van der Waals surface area contributed by atoms with Gasteiger partial charge in [0, 0.05) is 31.2 Å². The van der Waals surface area contributed by atoms with Crippen LogP contribution in [0.1, 0.15) is 27.2 Å². The van der Waals surface area contributed by atoms with Crippen LogP contribution < -0.4 is 0 Å². The zero-order chi connectivity index (χ0) is 15.2. The zero-order valence-electron chi connectivity index (χ0n) is 12.6. The predicted octanol–water partition coefficient (Wildman–Crippen LogP) is 1.78. The first-order valence-corrected chi connectivity index (χ1v) is 7.00. The number of rotatable bonds is 5. The van der Waals surface area contributed by atoms with Gasteiger partial charge in [0.1, 0.15) is 6.67 Å². The van der Waals surface area contributed by atoms with E-state index < -0.39 is 6.67 Å². The summed E-state index contributed by atoms with van der Waals surface area (Å²) in [5.74, 6) is -0.102. The number of ketones is 1. The van der Waals surface area contributed by atoms with Crippen LogP contribution in [0.4, 0.5) is 4.39 Å². The van der Waals surface area contributed by atoms with E-state index in [0.717, 1.165) is 19.6 Å². The molecule has 0 aliphatic carbocycles. The standard InChI is InChI=1S/C15H24FN3O/c1-15(2,3)19-10-9-18(13(11-19)6-8-17)12-14(20)5-4-7-16/h4-5,13H,6-7,9-12H2,1-3H3/b5-4+/t13-/m1/s1. The lowest BCUT2D eigenvalue weighted by Gasteiger charge is -2.46. The number of allylic oxidation sites excluding steroid dienone is 1. The van der Waals surface area contributed by atoms with Gasteiger partial charge in [-0.05, 0) is 26.8 Å². The van der Waals surface area contributed by atoms with Gasteiger partial charge in [-0.25, -0.2) is 4.39 Å². The van der Waals surface area contributed by atoms with Gasteiger partial charge in [-0.3, -0.25) is 14.6 Å². The lowest BCUT2D eigenvalue weighted by atomic mass is 10.0. The number of carbonyl (C=O) groups excluding carboxylic acids is 1. The van der Waals surface area contributed by atoms with E-state index in [1.807, 2.05) is 4.90 Å². The van der Waals surface area contributed by atoms with Crippen LogP contribution in [-0.4, -0.2) is 60.0 Å². The van der Waals surface area contributed by atoms with Gasteiger partial charge < -0.3 is 0 Å². The summed E-state index contributed by atoms with van der Waals surface area (Å²) < 4.78 is 12.0. The minimum Gasteiger partial charge on any atom is -0.296 e. The minimum absolute atomic E-state index is 0.0655. The number of halogens is 1. The Morgan fingerprint density at radius 3 is 2.70 bits per heavy atom. The molecule has 0 saturated carbocycles. The molecule has 1 saturated heterocycles. The van der Waals surface area contributed by atoms with Gasteiger partial charge in [0.25, 0.3) is 0 Å². The molecule has 0 amide bonds. The molecule has 5 heteroatoms. The van der Waals surface area contributed by atoms with Crippen molar-refractivity contribution in [1.82, 2.24) is 9.80 Å². The summed E-state index contributed by atoms with van der Waals surface area (Å²) >= 11 is 0. The van der Waals surface area contributed by atoms with Crippen molar-refractivity contribution in [2.24, 2.45) is 0 Å². The van der Waals surface area contributed by atoms with E-state index in [0.29, 0.717) is 6.42 Å².